The van der Waals surface area contributed by atoms with Crippen LogP contribution in [0.1, 0.15) is 6.92 Å². The van der Waals surface area contributed by atoms with Gasteiger partial charge in [-0.3, -0.25) is 4.79 Å². The van der Waals surface area contributed by atoms with E-state index < -0.39 is 5.97 Å². The maximum Gasteiger partial charge on any atom is 0.317 e. The van der Waals surface area contributed by atoms with Crippen LogP contribution in [-0.2, 0) is 9.53 Å². The average Bonchev–Trinajstić information content (AvgIpc) is 1.89. The van der Waals surface area contributed by atoms with Crippen molar-refractivity contribution >= 4 is 5.97 Å². The van der Waals surface area contributed by atoms with Crippen molar-refractivity contribution in [1.82, 2.24) is 0 Å². The highest BCUT2D eigenvalue weighted by Gasteiger charge is 1.81. The lowest BCUT2D eigenvalue weighted by molar-refractivity contribution is -0.135. The van der Waals surface area contributed by atoms with Gasteiger partial charge in [-0.1, -0.05) is 0 Å². The number of hydrogen-bond acceptors (Lipinski definition) is 4. The van der Waals surface area contributed by atoms with E-state index in [1.54, 1.807) is 0 Å². The first kappa shape index (κ1) is 12.4. The molecular formula is C6H14N2O3. The van der Waals surface area contributed by atoms with Crippen LogP contribution in [0.3, 0.4) is 0 Å². The molecule has 0 amide bonds. The molecule has 0 saturated heterocycles. The zero-order valence-corrected chi connectivity index (χ0v) is 6.54. The van der Waals surface area contributed by atoms with E-state index in [1.165, 1.54) is 0 Å². The first-order valence-electron chi connectivity index (χ1n) is 3.03. The van der Waals surface area contributed by atoms with E-state index in [0.29, 0.717) is 6.61 Å². The fraction of sp³-hybridized carbons (Fsp3) is 0.500. The molecule has 0 saturated carbocycles. The SMILES string of the molecule is C=C(N)OCC.NCC(=O)O. The monoisotopic (exact) mass is 162 g/mol. The van der Waals surface area contributed by atoms with Gasteiger partial charge in [0.1, 0.15) is 0 Å². The molecule has 5 N–H and O–H groups in total. The second-order valence-corrected chi connectivity index (χ2v) is 1.50. The highest BCUT2D eigenvalue weighted by Crippen LogP contribution is 1.76. The molecule has 11 heavy (non-hydrogen) atoms. The summed E-state index contributed by atoms with van der Waals surface area (Å²) in [5.74, 6) is -0.678. The Kier molecular flexibility index (Phi) is 9.92. The second-order valence-electron chi connectivity index (χ2n) is 1.50. The molecule has 0 unspecified atom stereocenters. The van der Waals surface area contributed by atoms with Crippen LogP contribution in [0.25, 0.3) is 0 Å². The molecule has 0 radical (unpaired) electrons. The number of aliphatic carboxylic acids is 1. The number of carboxylic acid groups (broad SMARTS) is 1. The van der Waals surface area contributed by atoms with Crippen molar-refractivity contribution in [2.45, 2.75) is 6.92 Å². The fourth-order valence-corrected chi connectivity index (χ4v) is 0.185. The third-order valence-corrected chi connectivity index (χ3v) is 0.504. The average molecular weight is 162 g/mol. The van der Waals surface area contributed by atoms with Crippen LogP contribution in [0.5, 0.6) is 0 Å². The van der Waals surface area contributed by atoms with Gasteiger partial charge in [-0.05, 0) is 13.5 Å². The van der Waals surface area contributed by atoms with Crippen molar-refractivity contribution < 1.29 is 14.6 Å². The molecule has 0 spiro atoms. The number of rotatable bonds is 3. The number of nitrogens with two attached hydrogens (primary N) is 2. The number of carboxylic acids is 1. The van der Waals surface area contributed by atoms with Gasteiger partial charge in [0, 0.05) is 0 Å². The predicted molar refractivity (Wildman–Crippen MR) is 41.6 cm³/mol. The van der Waals surface area contributed by atoms with E-state index in [4.69, 9.17) is 10.8 Å². The van der Waals surface area contributed by atoms with Crippen LogP contribution in [0.15, 0.2) is 12.5 Å². The van der Waals surface area contributed by atoms with Gasteiger partial charge in [-0.15, -0.1) is 0 Å². The van der Waals surface area contributed by atoms with Gasteiger partial charge in [0.05, 0.1) is 13.2 Å². The van der Waals surface area contributed by atoms with Crippen LogP contribution >= 0.6 is 0 Å². The minimum absolute atomic E-state index is 0.278. The van der Waals surface area contributed by atoms with E-state index in [1.807, 2.05) is 6.92 Å². The first-order valence-corrected chi connectivity index (χ1v) is 3.03. The quantitative estimate of drug-likeness (QED) is 0.485. The Morgan fingerprint density at radius 2 is 2.09 bits per heavy atom. The van der Waals surface area contributed by atoms with Gasteiger partial charge in [0.15, 0.2) is 5.88 Å². The number of hydrogen-bond donors (Lipinski definition) is 3. The molecule has 0 aliphatic rings. The molecular weight excluding hydrogens is 148 g/mol. The smallest absolute Gasteiger partial charge is 0.317 e. The maximum atomic E-state index is 9.24. The van der Waals surface area contributed by atoms with Crippen LogP contribution in [0, 0.1) is 0 Å². The van der Waals surface area contributed by atoms with Gasteiger partial charge in [-0.2, -0.15) is 0 Å². The summed E-state index contributed by atoms with van der Waals surface area (Å²) >= 11 is 0. The van der Waals surface area contributed by atoms with E-state index in [-0.39, 0.29) is 12.4 Å². The molecule has 5 heteroatoms. The van der Waals surface area contributed by atoms with Gasteiger partial charge in [0.25, 0.3) is 0 Å². The van der Waals surface area contributed by atoms with Crippen molar-refractivity contribution in [3.63, 3.8) is 0 Å². The Balaban J connectivity index is 0. The van der Waals surface area contributed by atoms with E-state index in [2.05, 4.69) is 17.0 Å². The summed E-state index contributed by atoms with van der Waals surface area (Å²) in [5, 5.41) is 7.60. The summed E-state index contributed by atoms with van der Waals surface area (Å²) in [4.78, 5) is 9.24. The largest absolute Gasteiger partial charge is 0.480 e. The molecule has 66 valence electrons. The Morgan fingerprint density at radius 3 is 2.09 bits per heavy atom. The Morgan fingerprint density at radius 1 is 1.73 bits per heavy atom. The third kappa shape index (κ3) is 28.3. The highest BCUT2D eigenvalue weighted by atomic mass is 16.5. The van der Waals surface area contributed by atoms with Gasteiger partial charge < -0.3 is 21.3 Å². The molecule has 0 rings (SSSR count). The van der Waals surface area contributed by atoms with E-state index in [0.717, 1.165) is 0 Å². The lowest BCUT2D eigenvalue weighted by Crippen LogP contribution is -2.10. The van der Waals surface area contributed by atoms with Crippen LogP contribution in [0.2, 0.25) is 0 Å². The Bertz CT molecular complexity index is 125. The molecule has 0 heterocycles. The fourth-order valence-electron chi connectivity index (χ4n) is 0.185. The minimum atomic E-state index is -0.968. The topological polar surface area (TPSA) is 98.6 Å². The van der Waals surface area contributed by atoms with Crippen molar-refractivity contribution in [3.8, 4) is 0 Å². The zero-order chi connectivity index (χ0) is 9.28. The molecule has 0 aromatic rings. The summed E-state index contributed by atoms with van der Waals surface area (Å²) in [6.45, 7) is 5.49. The summed E-state index contributed by atoms with van der Waals surface area (Å²) < 4.78 is 4.62. The summed E-state index contributed by atoms with van der Waals surface area (Å²) in [6.07, 6.45) is 0. The maximum absolute atomic E-state index is 9.24. The van der Waals surface area contributed by atoms with Crippen molar-refractivity contribution in [2.75, 3.05) is 13.2 Å². The summed E-state index contributed by atoms with van der Waals surface area (Å²) in [6, 6.07) is 0. The highest BCUT2D eigenvalue weighted by molar-refractivity contribution is 5.68. The molecule has 5 nitrogen and oxygen atoms in total. The van der Waals surface area contributed by atoms with Gasteiger partial charge >= 0.3 is 5.97 Å². The number of ether oxygens (including phenoxy) is 1. The molecule has 0 bridgehead atoms. The molecule has 0 aromatic carbocycles. The second kappa shape index (κ2) is 8.77. The minimum Gasteiger partial charge on any atom is -0.480 e. The van der Waals surface area contributed by atoms with E-state index >= 15 is 0 Å². The van der Waals surface area contributed by atoms with Crippen molar-refractivity contribution in [2.24, 2.45) is 11.5 Å². The van der Waals surface area contributed by atoms with Crippen molar-refractivity contribution in [1.29, 1.82) is 0 Å². The standard InChI is InChI=1S/C4H9NO.C2H5NO2/c1-3-6-4(2)5;3-1-2(4)5/h2-3,5H2,1H3;1,3H2,(H,4,5). The lowest BCUT2D eigenvalue weighted by atomic mass is 10.7. The lowest BCUT2D eigenvalue weighted by Gasteiger charge is -1.95. The number of carbonyl (C=O) groups is 1. The Labute approximate surface area is 65.6 Å². The molecule has 0 atom stereocenters. The van der Waals surface area contributed by atoms with Crippen LogP contribution in [-0.4, -0.2) is 24.2 Å². The summed E-state index contributed by atoms with van der Waals surface area (Å²) in [5.41, 5.74) is 9.56. The summed E-state index contributed by atoms with van der Waals surface area (Å²) in [7, 11) is 0. The van der Waals surface area contributed by atoms with Gasteiger partial charge in [0.2, 0.25) is 0 Å². The molecule has 0 aromatic heterocycles. The van der Waals surface area contributed by atoms with E-state index in [9.17, 15) is 4.79 Å². The predicted octanol–water partition coefficient (Wildman–Crippen LogP) is -0.517. The molecule has 0 fully saturated rings. The third-order valence-electron chi connectivity index (χ3n) is 0.504. The Hall–Kier alpha value is -1.23. The zero-order valence-electron chi connectivity index (χ0n) is 6.54. The molecule has 0 aliphatic heterocycles. The van der Waals surface area contributed by atoms with Crippen molar-refractivity contribution in [3.05, 3.63) is 12.5 Å². The molecule has 0 aliphatic carbocycles. The van der Waals surface area contributed by atoms with Crippen LogP contribution < -0.4 is 11.5 Å². The van der Waals surface area contributed by atoms with Crippen LogP contribution in [0.4, 0.5) is 0 Å². The normalized spacial score (nSPS) is 7.45. The van der Waals surface area contributed by atoms with Gasteiger partial charge in [-0.25, -0.2) is 0 Å². The first-order chi connectivity index (χ1) is 5.04.